The maximum absolute atomic E-state index is 12.5. The Balaban J connectivity index is 1.96. The topological polar surface area (TPSA) is 38.7 Å². The van der Waals surface area contributed by atoms with Gasteiger partial charge in [-0.3, -0.25) is 0 Å². The molecule has 0 heterocycles. The Bertz CT molecular complexity index is 721. The van der Waals surface area contributed by atoms with E-state index in [0.717, 1.165) is 35.7 Å². The minimum Gasteiger partial charge on any atom is -0.379 e. The van der Waals surface area contributed by atoms with Gasteiger partial charge in [-0.05, 0) is 87.5 Å². The van der Waals surface area contributed by atoms with Gasteiger partial charge in [0.25, 0.3) is 0 Å². The summed E-state index contributed by atoms with van der Waals surface area (Å²) in [5.41, 5.74) is 4.28. The molecule has 1 aromatic carbocycles. The second-order valence-electron chi connectivity index (χ2n) is 8.46. The van der Waals surface area contributed by atoms with Gasteiger partial charge in [-0.15, -0.1) is 0 Å². The van der Waals surface area contributed by atoms with Crippen molar-refractivity contribution in [3.8, 4) is 0 Å². The second kappa shape index (κ2) is 6.58. The quantitative estimate of drug-likeness (QED) is 0.628. The molecule has 1 fully saturated rings. The molecule has 1 saturated carbocycles. The van der Waals surface area contributed by atoms with Gasteiger partial charge in [0.2, 0.25) is 0 Å². The molecule has 138 valence electrons. The van der Waals surface area contributed by atoms with Crippen molar-refractivity contribution in [2.75, 3.05) is 7.11 Å². The highest BCUT2D eigenvalue weighted by Crippen LogP contribution is 2.53. The first-order valence-corrected chi connectivity index (χ1v) is 10.8. The van der Waals surface area contributed by atoms with Crippen molar-refractivity contribution in [3.05, 3.63) is 33.3 Å². The third-order valence-corrected chi connectivity index (χ3v) is 8.47. The van der Waals surface area contributed by atoms with E-state index in [9.17, 15) is 4.21 Å². The van der Waals surface area contributed by atoms with Gasteiger partial charge >= 0.3 is 0 Å². The van der Waals surface area contributed by atoms with Crippen LogP contribution in [0.15, 0.2) is 21.0 Å². The SMILES string of the molecule is C=NS(=O)C(C)(C)c1c(Br)ccc2c1CC1(CCC(C)(OC)CC1)C2. The number of benzene rings is 1. The Labute approximate surface area is 162 Å². The van der Waals surface area contributed by atoms with E-state index in [0.29, 0.717) is 5.41 Å². The molecule has 3 nitrogen and oxygen atoms in total. The summed E-state index contributed by atoms with van der Waals surface area (Å²) in [7, 11) is 0.473. The zero-order valence-electron chi connectivity index (χ0n) is 15.7. The first kappa shape index (κ1) is 19.2. The van der Waals surface area contributed by atoms with Gasteiger partial charge in [0.1, 0.15) is 11.0 Å². The molecular formula is C20H28BrNO2S. The van der Waals surface area contributed by atoms with Crippen LogP contribution in [-0.2, 0) is 33.3 Å². The molecule has 0 bridgehead atoms. The monoisotopic (exact) mass is 425 g/mol. The summed E-state index contributed by atoms with van der Waals surface area (Å²) >= 11 is 3.71. The molecule has 0 aliphatic heterocycles. The summed E-state index contributed by atoms with van der Waals surface area (Å²) < 4.78 is 22.6. The van der Waals surface area contributed by atoms with Gasteiger partial charge in [0.05, 0.1) is 10.3 Å². The summed E-state index contributed by atoms with van der Waals surface area (Å²) in [5.74, 6) is 0. The van der Waals surface area contributed by atoms with Crippen molar-refractivity contribution >= 4 is 33.6 Å². The lowest BCUT2D eigenvalue weighted by Gasteiger charge is -2.42. The summed E-state index contributed by atoms with van der Waals surface area (Å²) in [5, 5.41) is 0. The minimum atomic E-state index is -1.36. The van der Waals surface area contributed by atoms with Gasteiger partial charge in [-0.1, -0.05) is 22.0 Å². The fourth-order valence-corrected chi connectivity index (χ4v) is 6.37. The van der Waals surface area contributed by atoms with Gasteiger partial charge in [-0.25, -0.2) is 8.61 Å². The average molecular weight is 426 g/mol. The molecule has 2 aliphatic carbocycles. The fourth-order valence-electron chi connectivity index (χ4n) is 4.64. The van der Waals surface area contributed by atoms with Crippen LogP contribution in [0.4, 0.5) is 0 Å². The van der Waals surface area contributed by atoms with Crippen molar-refractivity contribution in [3.63, 3.8) is 0 Å². The first-order chi connectivity index (χ1) is 11.7. The number of hydrogen-bond donors (Lipinski definition) is 0. The molecular weight excluding hydrogens is 398 g/mol. The van der Waals surface area contributed by atoms with Crippen molar-refractivity contribution in [1.29, 1.82) is 0 Å². The maximum Gasteiger partial charge on any atom is 0.149 e. The number of halogens is 1. The molecule has 0 aromatic heterocycles. The maximum atomic E-state index is 12.5. The van der Waals surface area contributed by atoms with Gasteiger partial charge in [0.15, 0.2) is 0 Å². The van der Waals surface area contributed by atoms with E-state index in [1.54, 1.807) is 0 Å². The van der Waals surface area contributed by atoms with Crippen molar-refractivity contribution < 1.29 is 8.95 Å². The molecule has 1 atom stereocenters. The fraction of sp³-hybridized carbons (Fsp3) is 0.650. The normalized spacial score (nSPS) is 30.3. The number of methoxy groups -OCH3 is 1. The zero-order valence-corrected chi connectivity index (χ0v) is 18.1. The number of ether oxygens (including phenoxy) is 1. The molecule has 0 amide bonds. The summed E-state index contributed by atoms with van der Waals surface area (Å²) in [4.78, 5) is 0. The molecule has 5 heteroatoms. The Morgan fingerprint density at radius 1 is 1.24 bits per heavy atom. The Morgan fingerprint density at radius 3 is 2.44 bits per heavy atom. The van der Waals surface area contributed by atoms with Crippen LogP contribution in [0.25, 0.3) is 0 Å². The predicted octanol–water partition coefficient (Wildman–Crippen LogP) is 5.11. The number of nitrogens with zero attached hydrogens (tertiary/aromatic N) is 1. The summed E-state index contributed by atoms with van der Waals surface area (Å²) in [6, 6.07) is 4.35. The Morgan fingerprint density at radius 2 is 1.88 bits per heavy atom. The predicted molar refractivity (Wildman–Crippen MR) is 109 cm³/mol. The van der Waals surface area contributed by atoms with Crippen LogP contribution in [0.2, 0.25) is 0 Å². The molecule has 1 spiro atoms. The van der Waals surface area contributed by atoms with Crippen LogP contribution in [0.5, 0.6) is 0 Å². The second-order valence-corrected chi connectivity index (χ2v) is 11.1. The number of hydrogen-bond acceptors (Lipinski definition) is 2. The summed E-state index contributed by atoms with van der Waals surface area (Å²) in [6.45, 7) is 9.75. The Kier molecular flexibility index (Phi) is 5.06. The highest BCUT2D eigenvalue weighted by atomic mass is 79.9. The van der Waals surface area contributed by atoms with Gasteiger partial charge in [0, 0.05) is 18.3 Å². The molecule has 1 unspecified atom stereocenters. The van der Waals surface area contributed by atoms with Crippen LogP contribution >= 0.6 is 15.9 Å². The largest absolute Gasteiger partial charge is 0.379 e. The lowest BCUT2D eigenvalue weighted by molar-refractivity contribution is -0.0516. The standard InChI is InChI=1S/C20H28BrNO2S/c1-18(2,25(23)22-4)17-15-13-20(12-14(15)6-7-16(17)21)10-8-19(3,24-5)9-11-20/h6-7H,4,8-13H2,1-3,5H3. The lowest BCUT2D eigenvalue weighted by Crippen LogP contribution is -2.38. The van der Waals surface area contributed by atoms with Crippen LogP contribution in [-0.4, -0.2) is 23.6 Å². The van der Waals surface area contributed by atoms with Gasteiger partial charge in [-0.2, -0.15) is 0 Å². The molecule has 1 aromatic rings. The lowest BCUT2D eigenvalue weighted by atomic mass is 9.67. The van der Waals surface area contributed by atoms with E-state index in [2.05, 4.69) is 46.1 Å². The van der Waals surface area contributed by atoms with E-state index in [-0.39, 0.29) is 5.60 Å². The minimum absolute atomic E-state index is 0.0248. The third kappa shape index (κ3) is 3.28. The van der Waals surface area contributed by atoms with E-state index in [1.807, 2.05) is 21.0 Å². The van der Waals surface area contributed by atoms with Crippen LogP contribution in [0.3, 0.4) is 0 Å². The molecule has 3 rings (SSSR count). The van der Waals surface area contributed by atoms with Gasteiger partial charge < -0.3 is 4.74 Å². The van der Waals surface area contributed by atoms with Crippen LogP contribution in [0.1, 0.15) is 63.1 Å². The highest BCUT2D eigenvalue weighted by molar-refractivity contribution is 9.10. The number of rotatable bonds is 4. The zero-order chi connectivity index (χ0) is 18.5. The van der Waals surface area contributed by atoms with Crippen LogP contribution in [0, 0.1) is 5.41 Å². The van der Waals surface area contributed by atoms with E-state index < -0.39 is 15.7 Å². The summed E-state index contributed by atoms with van der Waals surface area (Å²) in [6.07, 6.45) is 6.77. The van der Waals surface area contributed by atoms with E-state index >= 15 is 0 Å². The Hall–Kier alpha value is -0.520. The first-order valence-electron chi connectivity index (χ1n) is 8.91. The van der Waals surface area contributed by atoms with E-state index in [4.69, 9.17) is 4.74 Å². The highest BCUT2D eigenvalue weighted by Gasteiger charge is 2.46. The average Bonchev–Trinajstić information content (AvgIpc) is 2.95. The van der Waals surface area contributed by atoms with Crippen molar-refractivity contribution in [2.24, 2.45) is 9.81 Å². The molecule has 0 radical (unpaired) electrons. The molecule has 25 heavy (non-hydrogen) atoms. The third-order valence-electron chi connectivity index (χ3n) is 6.49. The molecule has 0 saturated heterocycles. The molecule has 0 N–H and O–H groups in total. The van der Waals surface area contributed by atoms with E-state index in [1.165, 1.54) is 24.0 Å². The molecule has 2 aliphatic rings. The van der Waals surface area contributed by atoms with Crippen LogP contribution < -0.4 is 0 Å². The smallest absolute Gasteiger partial charge is 0.149 e. The van der Waals surface area contributed by atoms with Crippen molar-refractivity contribution in [1.82, 2.24) is 0 Å². The van der Waals surface area contributed by atoms with Crippen molar-refractivity contribution in [2.45, 2.75) is 69.6 Å². The number of fused-ring (bicyclic) bond motifs is 1.